The van der Waals surface area contributed by atoms with Gasteiger partial charge in [0, 0.05) is 72.0 Å². The van der Waals surface area contributed by atoms with E-state index in [9.17, 15) is 17.6 Å². The summed E-state index contributed by atoms with van der Waals surface area (Å²) in [6.45, 7) is 14.1. The topological polar surface area (TPSA) is 103 Å². The minimum Gasteiger partial charge on any atom is -0.444 e. The number of hydrogen-bond donors (Lipinski definition) is 0. The SMILES string of the molecule is Cc1ccc(S(=O)(=O)n2cc(-c3c(C)nn(Cc4cccc(F)c4)c3C)c3cc(-c4cccc(N5CCN(C(=O)OC(C)(C)C)CC5)c4)cnc32)cc1. The molecule has 0 spiro atoms. The molecule has 1 aliphatic rings. The standard InChI is InChI=1S/C41H43FN6O4S/c1-27-13-15-35(16-14-27)53(50,51)48-26-37(38-28(2)44-47(29(38)3)25-30-9-7-11-33(42)21-30)36-23-32(24-43-39(36)48)31-10-8-12-34(22-31)45-17-19-46(20-18-45)40(49)52-41(4,5)6/h7-16,21-24,26H,17-20,25H2,1-6H3. The lowest BCUT2D eigenvalue weighted by Gasteiger charge is -2.36. The molecule has 274 valence electrons. The highest BCUT2D eigenvalue weighted by molar-refractivity contribution is 7.90. The maximum absolute atomic E-state index is 14.2. The van der Waals surface area contributed by atoms with Crippen LogP contribution in [0.4, 0.5) is 14.9 Å². The van der Waals surface area contributed by atoms with Crippen molar-refractivity contribution < 1.29 is 22.3 Å². The lowest BCUT2D eigenvalue weighted by molar-refractivity contribution is 0.0240. The number of halogens is 1. The second-order valence-corrected chi connectivity index (χ2v) is 16.4. The van der Waals surface area contributed by atoms with Gasteiger partial charge >= 0.3 is 6.09 Å². The molecular formula is C41H43FN6O4S. The number of benzene rings is 3. The van der Waals surface area contributed by atoms with Gasteiger partial charge in [0.2, 0.25) is 0 Å². The van der Waals surface area contributed by atoms with E-state index in [0.29, 0.717) is 55.0 Å². The molecule has 1 fully saturated rings. The van der Waals surface area contributed by atoms with Gasteiger partial charge in [-0.15, -0.1) is 0 Å². The molecule has 6 aromatic rings. The zero-order valence-electron chi connectivity index (χ0n) is 30.8. The first-order valence-electron chi connectivity index (χ1n) is 17.6. The molecule has 3 aromatic heterocycles. The van der Waals surface area contributed by atoms with Crippen molar-refractivity contribution in [3.8, 4) is 22.3 Å². The van der Waals surface area contributed by atoms with Crippen LogP contribution >= 0.6 is 0 Å². The summed E-state index contributed by atoms with van der Waals surface area (Å²) in [7, 11) is -4.02. The molecule has 53 heavy (non-hydrogen) atoms. The highest BCUT2D eigenvalue weighted by atomic mass is 32.2. The molecular weight excluding hydrogens is 692 g/mol. The van der Waals surface area contributed by atoms with Crippen LogP contribution in [0.15, 0.2) is 96.2 Å². The summed E-state index contributed by atoms with van der Waals surface area (Å²) in [5.74, 6) is -0.320. The van der Waals surface area contributed by atoms with Crippen LogP contribution < -0.4 is 4.90 Å². The molecule has 10 nitrogen and oxygen atoms in total. The van der Waals surface area contributed by atoms with Gasteiger partial charge in [-0.2, -0.15) is 5.10 Å². The number of amides is 1. The maximum atomic E-state index is 14.2. The van der Waals surface area contributed by atoms with Gasteiger partial charge in [-0.05, 0) is 95.1 Å². The first-order valence-corrected chi connectivity index (χ1v) is 19.1. The third kappa shape index (κ3) is 7.28. The third-order valence-electron chi connectivity index (χ3n) is 9.54. The number of piperazine rings is 1. The minimum absolute atomic E-state index is 0.159. The van der Waals surface area contributed by atoms with Gasteiger partial charge in [0.15, 0.2) is 5.65 Å². The average Bonchev–Trinajstić information content (AvgIpc) is 3.63. The normalized spacial score (nSPS) is 13.9. The van der Waals surface area contributed by atoms with Gasteiger partial charge < -0.3 is 14.5 Å². The van der Waals surface area contributed by atoms with E-state index in [0.717, 1.165) is 39.2 Å². The highest BCUT2D eigenvalue weighted by Crippen LogP contribution is 2.38. The predicted octanol–water partition coefficient (Wildman–Crippen LogP) is 7.97. The van der Waals surface area contributed by atoms with Crippen molar-refractivity contribution in [2.75, 3.05) is 31.1 Å². The number of pyridine rings is 1. The average molecular weight is 735 g/mol. The summed E-state index contributed by atoms with van der Waals surface area (Å²) in [4.78, 5) is 21.6. The van der Waals surface area contributed by atoms with E-state index < -0.39 is 15.6 Å². The number of hydrogen-bond acceptors (Lipinski definition) is 7. The predicted molar refractivity (Wildman–Crippen MR) is 205 cm³/mol. The zero-order chi connectivity index (χ0) is 37.7. The largest absolute Gasteiger partial charge is 0.444 e. The zero-order valence-corrected chi connectivity index (χ0v) is 31.6. The summed E-state index contributed by atoms with van der Waals surface area (Å²) in [6.07, 6.45) is 3.04. The first kappa shape index (κ1) is 35.9. The van der Waals surface area contributed by atoms with Crippen molar-refractivity contribution >= 4 is 32.8 Å². The molecule has 0 N–H and O–H groups in total. The van der Waals surface area contributed by atoms with Crippen molar-refractivity contribution in [3.63, 3.8) is 0 Å². The van der Waals surface area contributed by atoms with E-state index in [1.165, 1.54) is 16.1 Å². The maximum Gasteiger partial charge on any atom is 0.410 e. The number of nitrogens with zero attached hydrogens (tertiary/aromatic N) is 6. The van der Waals surface area contributed by atoms with Crippen LogP contribution in [0.3, 0.4) is 0 Å². The molecule has 0 atom stereocenters. The van der Waals surface area contributed by atoms with E-state index >= 15 is 0 Å². The van der Waals surface area contributed by atoms with Crippen molar-refractivity contribution in [1.29, 1.82) is 0 Å². The molecule has 0 saturated carbocycles. The van der Waals surface area contributed by atoms with Crippen LogP contribution in [0.5, 0.6) is 0 Å². The van der Waals surface area contributed by atoms with Crippen LogP contribution in [-0.2, 0) is 21.3 Å². The lowest BCUT2D eigenvalue weighted by Crippen LogP contribution is -2.50. The Hall–Kier alpha value is -5.49. The van der Waals surface area contributed by atoms with Crippen LogP contribution in [0.25, 0.3) is 33.3 Å². The molecule has 7 rings (SSSR count). The smallest absolute Gasteiger partial charge is 0.410 e. The summed E-state index contributed by atoms with van der Waals surface area (Å²) in [5, 5.41) is 5.47. The van der Waals surface area contributed by atoms with Gasteiger partial charge in [-0.25, -0.2) is 26.6 Å². The Morgan fingerprint density at radius 1 is 0.887 bits per heavy atom. The monoisotopic (exact) mass is 734 g/mol. The van der Waals surface area contributed by atoms with Gasteiger partial charge in [0.1, 0.15) is 11.4 Å². The third-order valence-corrected chi connectivity index (χ3v) is 11.2. The van der Waals surface area contributed by atoms with Gasteiger partial charge in [0.05, 0.1) is 17.1 Å². The fourth-order valence-electron chi connectivity index (χ4n) is 6.85. The summed E-state index contributed by atoms with van der Waals surface area (Å²) in [5.41, 5.74) is 7.22. The molecule has 4 heterocycles. The Kier molecular flexibility index (Phi) is 9.35. The van der Waals surface area contributed by atoms with Gasteiger partial charge in [0.25, 0.3) is 10.0 Å². The highest BCUT2D eigenvalue weighted by Gasteiger charge is 2.28. The van der Waals surface area contributed by atoms with E-state index in [-0.39, 0.29) is 16.8 Å². The molecule has 0 radical (unpaired) electrons. The van der Waals surface area contributed by atoms with E-state index in [4.69, 9.17) is 14.8 Å². The Morgan fingerprint density at radius 2 is 1.60 bits per heavy atom. The van der Waals surface area contributed by atoms with Crippen LogP contribution in [0.1, 0.15) is 43.3 Å². The van der Waals surface area contributed by atoms with Crippen molar-refractivity contribution in [3.05, 3.63) is 120 Å². The second-order valence-electron chi connectivity index (χ2n) is 14.6. The summed E-state index contributed by atoms with van der Waals surface area (Å²) >= 11 is 0. The van der Waals surface area contributed by atoms with Crippen molar-refractivity contribution in [2.45, 2.75) is 58.6 Å². The Balaban J connectivity index is 1.28. The van der Waals surface area contributed by atoms with Gasteiger partial charge in [-0.1, -0.05) is 42.0 Å². The molecule has 0 aliphatic carbocycles. The minimum atomic E-state index is -4.02. The number of aromatic nitrogens is 4. The number of rotatable bonds is 7. The second kappa shape index (κ2) is 13.8. The van der Waals surface area contributed by atoms with E-state index in [2.05, 4.69) is 11.0 Å². The Labute approximate surface area is 309 Å². The van der Waals surface area contributed by atoms with Crippen LogP contribution in [0, 0.1) is 26.6 Å². The molecule has 0 unspecified atom stereocenters. The molecule has 0 bridgehead atoms. The molecule has 3 aromatic carbocycles. The molecule has 1 saturated heterocycles. The summed E-state index contributed by atoms with van der Waals surface area (Å²) in [6, 6.07) is 23.3. The van der Waals surface area contributed by atoms with Crippen LogP contribution in [0.2, 0.25) is 0 Å². The molecule has 12 heteroatoms. The quantitative estimate of drug-likeness (QED) is 0.164. The Bertz CT molecular complexity index is 2440. The number of aryl methyl sites for hydroxylation is 2. The van der Waals surface area contributed by atoms with Crippen molar-refractivity contribution in [1.82, 2.24) is 23.6 Å². The van der Waals surface area contributed by atoms with E-state index in [1.54, 1.807) is 47.6 Å². The summed E-state index contributed by atoms with van der Waals surface area (Å²) < 4.78 is 51.1. The Morgan fingerprint density at radius 3 is 2.30 bits per heavy atom. The fraction of sp³-hybridized carbons (Fsp3) is 0.293. The number of carbonyl (C=O) groups excluding carboxylic acids is 1. The number of fused-ring (bicyclic) bond motifs is 1. The van der Waals surface area contributed by atoms with Crippen molar-refractivity contribution in [2.24, 2.45) is 0 Å². The number of ether oxygens (including phenoxy) is 1. The number of anilines is 1. The fourth-order valence-corrected chi connectivity index (χ4v) is 8.17. The lowest BCUT2D eigenvalue weighted by atomic mass is 10.0. The van der Waals surface area contributed by atoms with Crippen LogP contribution in [-0.4, -0.2) is 69.9 Å². The first-order chi connectivity index (χ1) is 25.2. The number of carbonyl (C=O) groups is 1. The molecule has 1 aliphatic heterocycles. The van der Waals surface area contributed by atoms with Gasteiger partial charge in [-0.3, -0.25) is 4.68 Å². The molecule has 1 amide bonds. The van der Waals surface area contributed by atoms with E-state index in [1.807, 2.05) is 76.6 Å².